The number of nitrogens with two attached hydrogens (primary N) is 2. The zero-order valence-corrected chi connectivity index (χ0v) is 14.8. The van der Waals surface area contributed by atoms with E-state index in [1.165, 1.54) is 31.4 Å². The normalized spacial score (nSPS) is 29.5. The number of piperidine rings is 3. The lowest BCUT2D eigenvalue weighted by Gasteiger charge is -2.51. The first kappa shape index (κ1) is 16.3. The van der Waals surface area contributed by atoms with Crippen LogP contribution in [0.5, 0.6) is 0 Å². The number of aromatic nitrogens is 1. The van der Waals surface area contributed by atoms with Crippen molar-refractivity contribution in [1.29, 1.82) is 0 Å². The van der Waals surface area contributed by atoms with Crippen LogP contribution in [-0.2, 0) is 0 Å². The Balaban J connectivity index is 1.76. The zero-order chi connectivity index (χ0) is 17.4. The van der Waals surface area contributed by atoms with Crippen LogP contribution in [0.4, 0.5) is 0 Å². The Morgan fingerprint density at radius 2 is 2.16 bits per heavy atom. The third-order valence-corrected chi connectivity index (χ3v) is 6.11. The van der Waals surface area contributed by atoms with E-state index in [-0.39, 0.29) is 12.0 Å². The van der Waals surface area contributed by atoms with E-state index in [9.17, 15) is 0 Å². The molecule has 2 bridgehead atoms. The van der Waals surface area contributed by atoms with Crippen LogP contribution in [-0.4, -0.2) is 35.0 Å². The molecule has 5 atom stereocenters. The number of aliphatic imine (C=N–C) groups is 1. The molecule has 0 aliphatic carbocycles. The maximum Gasteiger partial charge on any atom is 0.186 e. The summed E-state index contributed by atoms with van der Waals surface area (Å²) in [4.78, 5) is 11.8. The first-order valence-electron chi connectivity index (χ1n) is 9.33. The molecular formula is C20H27N5. The van der Waals surface area contributed by atoms with Crippen LogP contribution in [0.1, 0.15) is 37.8 Å². The predicted molar refractivity (Wildman–Crippen MR) is 102 cm³/mol. The van der Waals surface area contributed by atoms with E-state index < -0.39 is 0 Å². The minimum Gasteiger partial charge on any atom is -0.370 e. The van der Waals surface area contributed by atoms with Crippen LogP contribution in [0.25, 0.3) is 10.9 Å². The van der Waals surface area contributed by atoms with E-state index in [1.54, 1.807) is 0 Å². The van der Waals surface area contributed by atoms with Crippen molar-refractivity contribution in [2.75, 3.05) is 13.1 Å². The maximum absolute atomic E-state index is 5.83. The zero-order valence-electron chi connectivity index (χ0n) is 14.8. The topological polar surface area (TPSA) is 80.5 Å². The summed E-state index contributed by atoms with van der Waals surface area (Å²) in [5.74, 6) is 1.78. The molecular weight excluding hydrogens is 310 g/mol. The maximum atomic E-state index is 5.83. The summed E-state index contributed by atoms with van der Waals surface area (Å²) < 4.78 is 0. The SMILES string of the molecule is CC[C@H]1CN2CC[C@H]1C[C@@H]2[C@H](N=C(N)N)c1ccnc2ccccc12. The van der Waals surface area contributed by atoms with Crippen LogP contribution in [0.2, 0.25) is 0 Å². The molecule has 2 aromatic rings. The predicted octanol–water partition coefficient (Wildman–Crippen LogP) is 2.67. The summed E-state index contributed by atoms with van der Waals surface area (Å²) in [6.07, 6.45) is 5.62. The monoisotopic (exact) mass is 337 g/mol. The highest BCUT2D eigenvalue weighted by atomic mass is 15.2. The number of nitrogens with zero attached hydrogens (tertiary/aromatic N) is 3. The van der Waals surface area contributed by atoms with Gasteiger partial charge in [-0.3, -0.25) is 9.88 Å². The van der Waals surface area contributed by atoms with Crippen molar-refractivity contribution >= 4 is 16.9 Å². The molecule has 4 heterocycles. The number of rotatable bonds is 4. The third-order valence-electron chi connectivity index (χ3n) is 6.11. The molecule has 4 N–H and O–H groups in total. The van der Waals surface area contributed by atoms with Gasteiger partial charge in [0, 0.05) is 24.2 Å². The number of guanidine groups is 1. The fourth-order valence-electron chi connectivity index (χ4n) is 4.87. The molecule has 0 saturated carbocycles. The van der Waals surface area contributed by atoms with Crippen molar-refractivity contribution in [3.05, 3.63) is 42.1 Å². The van der Waals surface area contributed by atoms with Gasteiger partial charge in [-0.2, -0.15) is 0 Å². The van der Waals surface area contributed by atoms with Crippen molar-refractivity contribution in [2.45, 2.75) is 38.3 Å². The van der Waals surface area contributed by atoms with Crippen molar-refractivity contribution < 1.29 is 0 Å². The number of pyridine rings is 1. The van der Waals surface area contributed by atoms with Gasteiger partial charge < -0.3 is 11.5 Å². The molecule has 3 aliphatic heterocycles. The minimum atomic E-state index is -0.0292. The Labute approximate surface area is 149 Å². The molecule has 25 heavy (non-hydrogen) atoms. The molecule has 1 aromatic carbocycles. The van der Waals surface area contributed by atoms with Crippen LogP contribution < -0.4 is 11.5 Å². The Kier molecular flexibility index (Phi) is 4.34. The summed E-state index contributed by atoms with van der Waals surface area (Å²) in [6.45, 7) is 4.64. The second-order valence-electron chi connectivity index (χ2n) is 7.43. The number of para-hydroxylation sites is 1. The molecule has 1 aromatic heterocycles. The molecule has 0 radical (unpaired) electrons. The van der Waals surface area contributed by atoms with Gasteiger partial charge in [0.05, 0.1) is 11.6 Å². The van der Waals surface area contributed by atoms with Crippen LogP contribution >= 0.6 is 0 Å². The molecule has 132 valence electrons. The number of fused-ring (bicyclic) bond motifs is 4. The van der Waals surface area contributed by atoms with Gasteiger partial charge in [-0.1, -0.05) is 31.5 Å². The van der Waals surface area contributed by atoms with E-state index in [2.05, 4.69) is 35.0 Å². The highest BCUT2D eigenvalue weighted by Crippen LogP contribution is 2.43. The van der Waals surface area contributed by atoms with Gasteiger partial charge >= 0.3 is 0 Å². The van der Waals surface area contributed by atoms with E-state index in [4.69, 9.17) is 16.5 Å². The van der Waals surface area contributed by atoms with Crippen LogP contribution in [0, 0.1) is 11.8 Å². The average Bonchev–Trinajstić information content (AvgIpc) is 2.66. The first-order chi connectivity index (χ1) is 12.2. The molecule has 3 fully saturated rings. The molecule has 5 rings (SSSR count). The highest BCUT2D eigenvalue weighted by Gasteiger charge is 2.43. The molecule has 3 saturated heterocycles. The van der Waals surface area contributed by atoms with Gasteiger partial charge in [-0.25, -0.2) is 4.99 Å². The van der Waals surface area contributed by atoms with Crippen molar-refractivity contribution in [2.24, 2.45) is 28.3 Å². The van der Waals surface area contributed by atoms with Gasteiger partial charge in [0.2, 0.25) is 0 Å². The van der Waals surface area contributed by atoms with E-state index >= 15 is 0 Å². The fourth-order valence-corrected chi connectivity index (χ4v) is 4.87. The van der Waals surface area contributed by atoms with Crippen molar-refractivity contribution in [3.8, 4) is 0 Å². The second kappa shape index (κ2) is 6.64. The Morgan fingerprint density at radius 1 is 1.32 bits per heavy atom. The number of hydrogen-bond donors (Lipinski definition) is 2. The standard InChI is InChI=1S/C20H27N5/c1-2-13-12-25-10-8-14(13)11-18(25)19(24-20(21)22)16-7-9-23-17-6-4-3-5-15(16)17/h3-7,9,13-14,18-19H,2,8,10-12H2,1H3,(H4,21,22,24)/t13-,14-,18+,19+/m0/s1. The van der Waals surface area contributed by atoms with Crippen LogP contribution in [0.3, 0.4) is 0 Å². The van der Waals surface area contributed by atoms with Gasteiger partial charge in [0.1, 0.15) is 0 Å². The quantitative estimate of drug-likeness (QED) is 0.664. The number of hydrogen-bond acceptors (Lipinski definition) is 3. The Hall–Kier alpha value is -2.14. The van der Waals surface area contributed by atoms with E-state index in [0.717, 1.165) is 29.3 Å². The lowest BCUT2D eigenvalue weighted by molar-refractivity contribution is -0.0102. The summed E-state index contributed by atoms with van der Waals surface area (Å²) in [6, 6.07) is 10.7. The molecule has 0 spiro atoms. The van der Waals surface area contributed by atoms with Gasteiger partial charge in [-0.05, 0) is 48.9 Å². The smallest absolute Gasteiger partial charge is 0.186 e. The average molecular weight is 337 g/mol. The lowest BCUT2D eigenvalue weighted by Crippen LogP contribution is -2.55. The van der Waals surface area contributed by atoms with E-state index in [0.29, 0.717) is 6.04 Å². The molecule has 1 unspecified atom stereocenters. The highest BCUT2D eigenvalue weighted by molar-refractivity contribution is 5.83. The number of benzene rings is 1. The van der Waals surface area contributed by atoms with Gasteiger partial charge in [-0.15, -0.1) is 0 Å². The first-order valence-corrected chi connectivity index (χ1v) is 9.33. The Morgan fingerprint density at radius 3 is 2.88 bits per heavy atom. The lowest BCUT2D eigenvalue weighted by atomic mass is 9.72. The Bertz CT molecular complexity index is 777. The van der Waals surface area contributed by atoms with Gasteiger partial charge in [0.15, 0.2) is 5.96 Å². The minimum absolute atomic E-state index is 0.0292. The van der Waals surface area contributed by atoms with Crippen molar-refractivity contribution in [1.82, 2.24) is 9.88 Å². The molecule has 3 aliphatic rings. The molecule has 0 amide bonds. The van der Waals surface area contributed by atoms with Crippen LogP contribution in [0.15, 0.2) is 41.5 Å². The molecule has 5 heteroatoms. The summed E-state index contributed by atoms with van der Waals surface area (Å²) in [5, 5.41) is 1.15. The summed E-state index contributed by atoms with van der Waals surface area (Å²) in [7, 11) is 0. The largest absolute Gasteiger partial charge is 0.370 e. The fraction of sp³-hybridized carbons (Fsp3) is 0.500. The second-order valence-corrected chi connectivity index (χ2v) is 7.43. The third kappa shape index (κ3) is 2.97. The summed E-state index contributed by atoms with van der Waals surface area (Å²) in [5.41, 5.74) is 13.8. The van der Waals surface area contributed by atoms with E-state index in [1.807, 2.05) is 18.3 Å². The molecule has 5 nitrogen and oxygen atoms in total. The van der Waals surface area contributed by atoms with Gasteiger partial charge in [0.25, 0.3) is 0 Å². The summed E-state index contributed by atoms with van der Waals surface area (Å²) >= 11 is 0. The van der Waals surface area contributed by atoms with Crippen molar-refractivity contribution in [3.63, 3.8) is 0 Å².